The highest BCUT2D eigenvalue weighted by Gasteiger charge is 2.48. The van der Waals surface area contributed by atoms with Gasteiger partial charge in [0.2, 0.25) is 5.88 Å². The van der Waals surface area contributed by atoms with Gasteiger partial charge in [0.15, 0.2) is 25.0 Å². The quantitative estimate of drug-likeness (QED) is 0.0163. The average molecular weight is 1660 g/mol. The maximum Gasteiger partial charge on any atom is 0.353 e. The number of ether oxygens (including phenoxy) is 4. The van der Waals surface area contributed by atoms with Crippen LogP contribution in [-0.4, -0.2) is 142 Å². The molecule has 10 rings (SSSR count). The third kappa shape index (κ3) is 23.2. The lowest BCUT2D eigenvalue weighted by Crippen LogP contribution is -2.45. The summed E-state index contributed by atoms with van der Waals surface area (Å²) in [6.07, 6.45) is 6.24. The summed E-state index contributed by atoms with van der Waals surface area (Å²) < 4.78 is 82.0. The second-order valence-electron chi connectivity index (χ2n) is 35.4. The van der Waals surface area contributed by atoms with Crippen molar-refractivity contribution in [3.8, 4) is 5.88 Å². The van der Waals surface area contributed by atoms with Gasteiger partial charge in [-0.3, -0.25) is 47.9 Å². The fourth-order valence-electron chi connectivity index (χ4n) is 13.1. The number of para-hydroxylation sites is 1. The predicted molar refractivity (Wildman–Crippen MR) is 446 cm³/mol. The Morgan fingerprint density at radius 2 is 0.930 bits per heavy atom. The summed E-state index contributed by atoms with van der Waals surface area (Å²) in [6.45, 7) is 52.8. The van der Waals surface area contributed by atoms with Crippen molar-refractivity contribution in [3.63, 3.8) is 0 Å². The smallest absolute Gasteiger partial charge is 0.353 e. The molecule has 0 bridgehead atoms. The van der Waals surface area contributed by atoms with Crippen molar-refractivity contribution >= 4 is 46.6 Å². The van der Waals surface area contributed by atoms with Gasteiger partial charge >= 0.3 is 32.9 Å². The van der Waals surface area contributed by atoms with Gasteiger partial charge in [-0.15, -0.1) is 0 Å². The van der Waals surface area contributed by atoms with Gasteiger partial charge in [0, 0.05) is 74.7 Å². The SMILES string of the molecule is CC[C@H]1O[C@@H](n2ccc(=O)[nH]c2=O)C[C@H]1O[Si](C)(C)C(C)(C)C.CC[C@H]1O[C@@H](n2ccc(NC(C)c3ccccc3[N+](=O)[O-])nc2=O)C[C@H]1O[Si](C)(C)C(C)(C)C.CC[C@H]1O[C@@H](n2ccc(OS(=O)(=O)c3c(C(C)C)cc(C(C)C)cc3C(C)C)nc2=O)C[C@H]1O[Si](C)(C)C(C)(C)C.O=c1ccn([C@H]2C[C@@H](O)[C@@H](CO)O2)c(=O)[nH]1. The van der Waals surface area contributed by atoms with E-state index in [1.165, 1.54) is 61.1 Å². The van der Waals surface area contributed by atoms with E-state index >= 15 is 0 Å². The van der Waals surface area contributed by atoms with Crippen LogP contribution >= 0.6 is 0 Å². The van der Waals surface area contributed by atoms with Crippen molar-refractivity contribution in [1.29, 1.82) is 0 Å². The van der Waals surface area contributed by atoms with Crippen LogP contribution < -0.4 is 43.4 Å². The van der Waals surface area contributed by atoms with Crippen LogP contribution in [0.15, 0.2) is 119 Å². The summed E-state index contributed by atoms with van der Waals surface area (Å²) in [5.41, 5.74) is 0.0355. The molecule has 8 heterocycles. The second-order valence-corrected chi connectivity index (χ2v) is 51.1. The summed E-state index contributed by atoms with van der Waals surface area (Å²) in [5, 5.41) is 33.1. The number of hydrogen-bond acceptors (Lipinski definition) is 23. The second kappa shape index (κ2) is 38.0. The highest BCUT2D eigenvalue weighted by molar-refractivity contribution is 7.87. The van der Waals surface area contributed by atoms with Gasteiger partial charge in [-0.1, -0.05) is 155 Å². The molecule has 114 heavy (non-hydrogen) atoms. The standard InChI is InChI=1S/C31H50N2O6SSi.C24H36N4O5Si.C16H28N2O4Si.C9H12N2O5/c1-13-25-26(39-41(11,12)31(8,9)10)18-28(37-25)33-15-14-27(32-30(33)34)38-40(35,36)29-23(20(4)5)16-22(19(2)3)17-24(29)21(6)7;1-8-19-20(33-34(6,7)24(3,4)5)15-22(32-19)27-14-13-21(26-23(27)29)25-16(2)17-11-9-10-12-18(17)28(30)31;1-7-11-12(22-23(5,6)16(2,3)4)10-14(21-11)18-9-8-13(19)17-15(18)20;12-4-6-5(13)3-8(16-6)11-2-1-7(14)10-9(11)15/h14-17,19-21,25-26,28H,13,18H2,1-12H3;9-14,16,19-20,22H,8,15H2,1-7H3,(H,25,26,29);8-9,11-12,14H,7,10H2,1-6H3,(H,17,19,20);1-2,5-6,8,12-13H,3-4H2,(H,10,14,15)/t25-,26-,28-;16?,19-,20-,22-;11-,12-,14-;5-,6-,8-/m1111/s1. The lowest BCUT2D eigenvalue weighted by Gasteiger charge is -2.39. The number of aromatic nitrogens is 8. The predicted octanol–water partition coefficient (Wildman–Crippen LogP) is 13.7. The fraction of sp³-hybridized carbons (Fsp3) is 0.650. The van der Waals surface area contributed by atoms with Crippen molar-refractivity contribution in [2.24, 2.45) is 0 Å². The Morgan fingerprint density at radius 1 is 0.553 bits per heavy atom. The van der Waals surface area contributed by atoms with Crippen molar-refractivity contribution < 1.29 is 60.0 Å². The zero-order valence-electron chi connectivity index (χ0n) is 71.3. The van der Waals surface area contributed by atoms with Gasteiger partial charge < -0.3 is 51.9 Å². The number of hydrogen-bond donors (Lipinski definition) is 5. The van der Waals surface area contributed by atoms with E-state index in [1.807, 2.05) is 46.8 Å². The zero-order valence-corrected chi connectivity index (χ0v) is 75.1. The van der Waals surface area contributed by atoms with E-state index < -0.39 is 111 Å². The van der Waals surface area contributed by atoms with Crippen LogP contribution in [0.25, 0.3) is 0 Å². The van der Waals surface area contributed by atoms with Crippen LogP contribution in [0, 0.1) is 10.1 Å². The third-order valence-electron chi connectivity index (χ3n) is 23.0. The molecule has 0 spiro atoms. The summed E-state index contributed by atoms with van der Waals surface area (Å²) in [5.74, 6) is 0.240. The molecule has 0 radical (unpaired) electrons. The number of aromatic amines is 2. The van der Waals surface area contributed by atoms with Crippen LogP contribution in [0.3, 0.4) is 0 Å². The monoisotopic (exact) mass is 1660 g/mol. The molecule has 0 saturated carbocycles. The summed E-state index contributed by atoms with van der Waals surface area (Å²) >= 11 is 0. The number of anilines is 1. The first-order chi connectivity index (χ1) is 52.8. The maximum atomic E-state index is 13.7. The van der Waals surface area contributed by atoms with Crippen LogP contribution in [0.1, 0.15) is 247 Å². The molecule has 2 aromatic carbocycles. The van der Waals surface area contributed by atoms with Gasteiger partial charge in [-0.05, 0) is 121 Å². The van der Waals surface area contributed by atoms with E-state index in [-0.39, 0.29) is 105 Å². The van der Waals surface area contributed by atoms with E-state index in [0.29, 0.717) is 41.8 Å². The Kier molecular flexibility index (Phi) is 31.3. The Bertz CT molecular complexity index is 4720. The molecule has 634 valence electrons. The Balaban J connectivity index is 0.000000221. The van der Waals surface area contributed by atoms with Crippen molar-refractivity contribution in [3.05, 3.63) is 180 Å². The number of aliphatic hydroxyl groups excluding tert-OH is 2. The first kappa shape index (κ1) is 94.0. The highest BCUT2D eigenvalue weighted by Crippen LogP contribution is 2.46. The minimum atomic E-state index is -4.27. The molecule has 30 nitrogen and oxygen atoms in total. The Morgan fingerprint density at radius 3 is 1.28 bits per heavy atom. The van der Waals surface area contributed by atoms with E-state index in [1.54, 1.807) is 37.4 Å². The minimum absolute atomic E-state index is 0.0218. The maximum absolute atomic E-state index is 13.7. The molecule has 4 fully saturated rings. The molecule has 4 aromatic heterocycles. The van der Waals surface area contributed by atoms with Crippen LogP contribution in [0.2, 0.25) is 54.4 Å². The van der Waals surface area contributed by atoms with E-state index in [9.17, 15) is 52.4 Å². The molecule has 34 heteroatoms. The number of aliphatic hydroxyl groups is 2. The van der Waals surface area contributed by atoms with E-state index in [2.05, 4.69) is 155 Å². The van der Waals surface area contributed by atoms with Crippen molar-refractivity contribution in [1.82, 2.24) is 38.2 Å². The number of rotatable bonds is 24. The van der Waals surface area contributed by atoms with Crippen LogP contribution in [-0.2, 0) is 42.3 Å². The molecular weight excluding hydrogens is 1540 g/mol. The largest absolute Gasteiger partial charge is 0.411 e. The lowest BCUT2D eigenvalue weighted by atomic mass is 9.89. The number of nitrogens with one attached hydrogen (secondary N) is 3. The zero-order chi connectivity index (χ0) is 85.5. The minimum Gasteiger partial charge on any atom is -0.411 e. The lowest BCUT2D eigenvalue weighted by molar-refractivity contribution is -0.385. The third-order valence-corrected chi connectivity index (χ3v) is 37.8. The number of nitro groups is 1. The van der Waals surface area contributed by atoms with Crippen LogP contribution in [0.4, 0.5) is 11.5 Å². The fourth-order valence-corrected chi connectivity index (χ4v) is 18.8. The summed E-state index contributed by atoms with van der Waals surface area (Å²) in [7, 11) is -10.2. The number of nitro benzene ring substituents is 1. The summed E-state index contributed by atoms with van der Waals surface area (Å²) in [4.78, 5) is 95.0. The number of benzene rings is 2. The topological polar surface area (TPSA) is 383 Å². The van der Waals surface area contributed by atoms with Gasteiger partial charge in [-0.25, -0.2) is 19.2 Å². The highest BCUT2D eigenvalue weighted by atomic mass is 32.2. The number of H-pyrrole nitrogens is 2. The van der Waals surface area contributed by atoms with Crippen molar-refractivity contribution in [2.45, 2.75) is 333 Å². The van der Waals surface area contributed by atoms with Crippen LogP contribution in [0.5, 0.6) is 5.88 Å². The molecule has 4 aliphatic rings. The molecule has 6 aromatic rings. The van der Waals surface area contributed by atoms with E-state index in [0.717, 1.165) is 24.8 Å². The molecule has 4 saturated heterocycles. The first-order valence-corrected chi connectivity index (χ1v) is 49.8. The van der Waals surface area contributed by atoms with Crippen molar-refractivity contribution in [2.75, 3.05) is 11.9 Å². The molecule has 1 unspecified atom stereocenters. The Labute approximate surface area is 672 Å². The molecule has 5 N–H and O–H groups in total. The normalized spacial score (nSPS) is 23.2. The molecule has 0 amide bonds. The first-order valence-electron chi connectivity index (χ1n) is 39.7. The van der Waals surface area contributed by atoms with Gasteiger partial charge in [0.25, 0.3) is 16.8 Å². The molecule has 13 atom stereocenters. The Hall–Kier alpha value is -7.20. The van der Waals surface area contributed by atoms with Gasteiger partial charge in [0.05, 0.1) is 65.9 Å². The summed E-state index contributed by atoms with van der Waals surface area (Å²) in [6, 6.07) is 15.7. The molecular formula is C80H126N10O20SSi3. The number of nitrogens with zero attached hydrogens (tertiary/aromatic N) is 7. The van der Waals surface area contributed by atoms with Gasteiger partial charge in [0.1, 0.15) is 41.7 Å². The van der Waals surface area contributed by atoms with Gasteiger partial charge in [-0.2, -0.15) is 18.4 Å². The van der Waals surface area contributed by atoms with E-state index in [4.69, 9.17) is 41.5 Å². The average Bonchev–Trinajstić information content (AvgIpc) is 1.55. The molecule has 0 aliphatic carbocycles. The molecule has 4 aliphatic heterocycles.